The maximum Gasteiger partial charge on any atom is 1.00 e. The van der Waals surface area contributed by atoms with Crippen molar-refractivity contribution in [2.24, 2.45) is 0 Å². The first kappa shape index (κ1) is 24.1. The van der Waals surface area contributed by atoms with Gasteiger partial charge in [0.05, 0.1) is 0 Å². The van der Waals surface area contributed by atoms with Crippen LogP contribution in [0.1, 0.15) is 6.92 Å². The van der Waals surface area contributed by atoms with Gasteiger partial charge in [0.1, 0.15) is 0 Å². The first-order chi connectivity index (χ1) is 5.41. The molecule has 0 atom stereocenters. The summed E-state index contributed by atoms with van der Waals surface area (Å²) in [5, 5.41) is 8.93. The van der Waals surface area contributed by atoms with Crippen molar-refractivity contribution in [3.63, 3.8) is 0 Å². The minimum Gasteiger partial charge on any atom is -0.855 e. The average molecular weight is 264 g/mol. The normalized spacial score (nSPS) is 9.57. The minimum atomic E-state index is -4.67. The zero-order valence-electron chi connectivity index (χ0n) is 7.35. The van der Waals surface area contributed by atoms with Gasteiger partial charge < -0.3 is 5.11 Å². The fourth-order valence-corrected chi connectivity index (χ4v) is 0. The van der Waals surface area contributed by atoms with Crippen molar-refractivity contribution >= 4 is 20.8 Å². The summed E-state index contributed by atoms with van der Waals surface area (Å²) < 4.78 is 63.2. The monoisotopic (exact) mass is 264 g/mol. The molecule has 0 fully saturated rings. The molecule has 0 bridgehead atoms. The van der Waals surface area contributed by atoms with Crippen molar-refractivity contribution < 1.29 is 69.7 Å². The maximum atomic E-state index is 8.93. The Morgan fingerprint density at radius 1 is 0.929 bits per heavy atom. The van der Waals surface area contributed by atoms with Crippen molar-refractivity contribution in [2.45, 2.75) is 6.92 Å². The molecule has 0 aromatic carbocycles. The topological polar surface area (TPSA) is 172 Å². The number of rotatable bonds is 0. The molecule has 0 aliphatic rings. The van der Waals surface area contributed by atoms with Crippen LogP contribution in [0.3, 0.4) is 0 Å². The van der Waals surface area contributed by atoms with Crippen LogP contribution < -0.4 is 34.7 Å². The summed E-state index contributed by atoms with van der Waals surface area (Å²) in [4.78, 5) is 0. The van der Waals surface area contributed by atoms with E-state index in [4.69, 9.17) is 40.2 Å². The molecule has 0 amide bonds. The van der Waals surface area contributed by atoms with E-state index in [0.29, 0.717) is 0 Å². The second-order valence-corrected chi connectivity index (χ2v) is 2.98. The Hall–Kier alpha value is 0.700. The molecule has 0 radical (unpaired) electrons. The van der Waals surface area contributed by atoms with Crippen LogP contribution in [-0.4, -0.2) is 41.7 Å². The molecule has 0 aromatic heterocycles. The van der Waals surface area contributed by atoms with E-state index in [9.17, 15) is 0 Å². The smallest absolute Gasteiger partial charge is 0.855 e. The Kier molecular flexibility index (Phi) is 20.3. The van der Waals surface area contributed by atoms with Crippen molar-refractivity contribution in [2.75, 3.05) is 6.61 Å². The first-order valence-corrected chi connectivity index (χ1v) is 5.19. The van der Waals surface area contributed by atoms with Crippen molar-refractivity contribution in [3.8, 4) is 0 Å². The fourth-order valence-electron chi connectivity index (χ4n) is 0. The molecular formula is C2H9NaO9S2. The molecular weight excluding hydrogens is 255 g/mol. The van der Waals surface area contributed by atoms with Crippen LogP contribution in [0, 0.1) is 0 Å². The van der Waals surface area contributed by atoms with Gasteiger partial charge >= 0.3 is 50.4 Å². The number of hydrogen-bond acceptors (Lipinski definition) is 5. The molecule has 0 saturated heterocycles. The van der Waals surface area contributed by atoms with E-state index in [-0.39, 0.29) is 36.2 Å². The molecule has 0 unspecified atom stereocenters. The molecule has 9 nitrogen and oxygen atoms in total. The first-order valence-electron chi connectivity index (χ1n) is 2.39. The molecule has 84 valence electrons. The zero-order valence-corrected chi connectivity index (χ0v) is 11.0. The van der Waals surface area contributed by atoms with E-state index >= 15 is 0 Å². The summed E-state index contributed by atoms with van der Waals surface area (Å²) in [5.41, 5.74) is 0. The Bertz CT molecular complexity index is 230. The standard InChI is InChI=1S/C2H5O.Na.2H2O4S/c1-2-3;;2*1-5(2,3)4/h2H2,1H3;;2*(H2,1,2,3,4)/q-1;+1;;. The predicted molar refractivity (Wildman–Crippen MR) is 38.9 cm³/mol. The van der Waals surface area contributed by atoms with E-state index in [2.05, 4.69) is 0 Å². The summed E-state index contributed by atoms with van der Waals surface area (Å²) >= 11 is 0. The molecule has 4 N–H and O–H groups in total. The van der Waals surface area contributed by atoms with Crippen LogP contribution in [0.4, 0.5) is 0 Å². The second-order valence-electron chi connectivity index (χ2n) is 1.18. The zero-order chi connectivity index (χ0) is 11.7. The van der Waals surface area contributed by atoms with Gasteiger partial charge in [0, 0.05) is 0 Å². The van der Waals surface area contributed by atoms with E-state index in [0.717, 1.165) is 0 Å². The largest absolute Gasteiger partial charge is 1.00 e. The SMILES string of the molecule is CC[O-].O=S(=O)(O)O.O=S(=O)(O)O.[Na+]. The van der Waals surface area contributed by atoms with Gasteiger partial charge in [0.15, 0.2) is 0 Å². The predicted octanol–water partition coefficient (Wildman–Crippen LogP) is -4.93. The Labute approximate surface area is 104 Å². The van der Waals surface area contributed by atoms with Crippen LogP contribution in [0.15, 0.2) is 0 Å². The minimum absolute atomic E-state index is 0. The van der Waals surface area contributed by atoms with Gasteiger partial charge in [-0.2, -0.15) is 16.8 Å². The number of hydrogen-bond donors (Lipinski definition) is 4. The Morgan fingerprint density at radius 2 is 0.929 bits per heavy atom. The molecule has 12 heteroatoms. The van der Waals surface area contributed by atoms with Gasteiger partial charge in [-0.15, -0.1) is 6.61 Å². The second kappa shape index (κ2) is 11.8. The van der Waals surface area contributed by atoms with Crippen LogP contribution in [0.25, 0.3) is 0 Å². The molecule has 0 spiro atoms. The van der Waals surface area contributed by atoms with E-state index in [1.807, 2.05) is 0 Å². The molecule has 0 saturated carbocycles. The van der Waals surface area contributed by atoms with E-state index in [1.165, 1.54) is 0 Å². The quantitative estimate of drug-likeness (QED) is 0.247. The van der Waals surface area contributed by atoms with Gasteiger partial charge in [0.2, 0.25) is 0 Å². The Morgan fingerprint density at radius 3 is 0.929 bits per heavy atom. The summed E-state index contributed by atoms with van der Waals surface area (Å²) in [7, 11) is -9.33. The molecule has 0 aliphatic carbocycles. The van der Waals surface area contributed by atoms with Crippen molar-refractivity contribution in [1.29, 1.82) is 0 Å². The molecule has 14 heavy (non-hydrogen) atoms. The third-order valence-electron chi connectivity index (χ3n) is 0. The van der Waals surface area contributed by atoms with Crippen molar-refractivity contribution in [3.05, 3.63) is 0 Å². The molecule has 0 aromatic rings. The van der Waals surface area contributed by atoms with Crippen LogP contribution in [-0.2, 0) is 20.8 Å². The third-order valence-corrected chi connectivity index (χ3v) is 0. The van der Waals surface area contributed by atoms with Gasteiger partial charge in [-0.1, -0.05) is 6.92 Å². The van der Waals surface area contributed by atoms with Crippen molar-refractivity contribution in [1.82, 2.24) is 0 Å². The van der Waals surface area contributed by atoms with Gasteiger partial charge in [0.25, 0.3) is 0 Å². The summed E-state index contributed by atoms with van der Waals surface area (Å²) in [6.45, 7) is 1.57. The molecule has 0 aliphatic heterocycles. The summed E-state index contributed by atoms with van der Waals surface area (Å²) in [6, 6.07) is 0. The average Bonchev–Trinajstić information content (AvgIpc) is 1.52. The third kappa shape index (κ3) is 3550. The van der Waals surface area contributed by atoms with E-state index in [1.54, 1.807) is 6.92 Å². The van der Waals surface area contributed by atoms with Gasteiger partial charge in [-0.3, -0.25) is 18.2 Å². The van der Waals surface area contributed by atoms with Crippen LogP contribution in [0.5, 0.6) is 0 Å². The summed E-state index contributed by atoms with van der Waals surface area (Å²) in [5.74, 6) is 0. The molecule has 0 heterocycles. The Balaban J connectivity index is -0.0000000535. The maximum absolute atomic E-state index is 8.93. The fraction of sp³-hybridized carbons (Fsp3) is 1.00. The molecule has 0 rings (SSSR count). The summed E-state index contributed by atoms with van der Waals surface area (Å²) in [6.07, 6.45) is 0. The van der Waals surface area contributed by atoms with Gasteiger partial charge in [-0.25, -0.2) is 0 Å². The van der Waals surface area contributed by atoms with Crippen LogP contribution in [0.2, 0.25) is 0 Å². The van der Waals surface area contributed by atoms with Crippen LogP contribution >= 0.6 is 0 Å². The van der Waals surface area contributed by atoms with Gasteiger partial charge in [-0.05, 0) is 0 Å². The van der Waals surface area contributed by atoms with E-state index < -0.39 is 20.8 Å².